The second-order valence-electron chi connectivity index (χ2n) is 6.44. The summed E-state index contributed by atoms with van der Waals surface area (Å²) in [6, 6.07) is 16.5. The maximum absolute atomic E-state index is 12.7. The number of hydrogen-bond acceptors (Lipinski definition) is 4. The summed E-state index contributed by atoms with van der Waals surface area (Å²) >= 11 is 6.20. The van der Waals surface area contributed by atoms with Crippen LogP contribution in [0.15, 0.2) is 60.8 Å². The van der Waals surface area contributed by atoms with Gasteiger partial charge in [0.2, 0.25) is 0 Å². The summed E-state index contributed by atoms with van der Waals surface area (Å²) in [5, 5.41) is 3.13. The van der Waals surface area contributed by atoms with Crippen molar-refractivity contribution in [1.82, 2.24) is 4.98 Å². The molecule has 0 bridgehead atoms. The molecular weight excluding hydrogens is 400 g/mol. The number of benzene rings is 2. The van der Waals surface area contributed by atoms with E-state index in [1.807, 2.05) is 43.3 Å². The zero-order valence-corrected chi connectivity index (χ0v) is 17.5. The van der Waals surface area contributed by atoms with Crippen molar-refractivity contribution >= 4 is 23.3 Å². The van der Waals surface area contributed by atoms with Gasteiger partial charge in [0.1, 0.15) is 18.2 Å². The first-order valence-corrected chi connectivity index (χ1v) is 9.71. The molecule has 0 fully saturated rings. The standard InChI is InChI=1S/C24H21ClN2O3/c1-17-14-19(9-8-18-6-4-3-5-7-18)16-26-23(17)27-24(28)21-15-20(10-11-22(21)25)30-13-12-29-2/h3-7,10-11,14-16H,12-13H2,1-2H3,(H,26,27,28). The molecule has 0 aliphatic heterocycles. The molecule has 0 saturated carbocycles. The molecule has 1 amide bonds. The first-order valence-electron chi connectivity index (χ1n) is 9.33. The van der Waals surface area contributed by atoms with Gasteiger partial charge >= 0.3 is 0 Å². The first kappa shape index (κ1) is 21.4. The topological polar surface area (TPSA) is 60.5 Å². The third kappa shape index (κ3) is 5.84. The van der Waals surface area contributed by atoms with Crippen molar-refractivity contribution in [3.63, 3.8) is 0 Å². The Hall–Kier alpha value is -3.33. The number of carbonyl (C=O) groups excluding carboxylic acids is 1. The van der Waals surface area contributed by atoms with Crippen molar-refractivity contribution in [3.05, 3.63) is 88.1 Å². The van der Waals surface area contributed by atoms with Crippen LogP contribution in [0.4, 0.5) is 5.82 Å². The lowest BCUT2D eigenvalue weighted by Gasteiger charge is -2.11. The van der Waals surface area contributed by atoms with Crippen molar-refractivity contribution in [2.45, 2.75) is 6.92 Å². The molecule has 0 saturated heterocycles. The van der Waals surface area contributed by atoms with Crippen molar-refractivity contribution in [2.75, 3.05) is 25.6 Å². The number of carbonyl (C=O) groups is 1. The lowest BCUT2D eigenvalue weighted by atomic mass is 10.1. The van der Waals surface area contributed by atoms with E-state index in [1.165, 1.54) is 0 Å². The van der Waals surface area contributed by atoms with Gasteiger partial charge in [0.25, 0.3) is 5.91 Å². The van der Waals surface area contributed by atoms with E-state index < -0.39 is 0 Å². The number of nitrogens with zero attached hydrogens (tertiary/aromatic N) is 1. The fourth-order valence-corrected chi connectivity index (χ4v) is 2.83. The fraction of sp³-hybridized carbons (Fsp3) is 0.167. The third-order valence-electron chi connectivity index (χ3n) is 4.17. The smallest absolute Gasteiger partial charge is 0.258 e. The number of rotatable bonds is 6. The summed E-state index contributed by atoms with van der Waals surface area (Å²) in [7, 11) is 1.60. The second kappa shape index (κ2) is 10.4. The summed E-state index contributed by atoms with van der Waals surface area (Å²) in [5.41, 5.74) is 2.79. The van der Waals surface area contributed by atoms with Crippen LogP contribution in [0.25, 0.3) is 0 Å². The van der Waals surface area contributed by atoms with Crippen LogP contribution in [0.1, 0.15) is 27.0 Å². The Morgan fingerprint density at radius 3 is 2.57 bits per heavy atom. The highest BCUT2D eigenvalue weighted by Crippen LogP contribution is 2.24. The van der Waals surface area contributed by atoms with Crippen molar-refractivity contribution in [2.24, 2.45) is 0 Å². The highest BCUT2D eigenvalue weighted by molar-refractivity contribution is 6.34. The summed E-state index contributed by atoms with van der Waals surface area (Å²) < 4.78 is 10.5. The van der Waals surface area contributed by atoms with Crippen LogP contribution in [0.2, 0.25) is 5.02 Å². The Morgan fingerprint density at radius 1 is 1.07 bits per heavy atom. The minimum Gasteiger partial charge on any atom is -0.491 e. The Kier molecular flexibility index (Phi) is 7.45. The Bertz CT molecular complexity index is 1090. The normalized spacial score (nSPS) is 10.1. The highest BCUT2D eigenvalue weighted by atomic mass is 35.5. The minimum atomic E-state index is -0.365. The molecule has 1 aromatic heterocycles. The SMILES string of the molecule is COCCOc1ccc(Cl)c(C(=O)Nc2ncc(C#Cc3ccccc3)cc2C)c1. The van der Waals surface area contributed by atoms with Gasteiger partial charge in [-0.3, -0.25) is 4.79 Å². The molecule has 1 heterocycles. The summed E-state index contributed by atoms with van der Waals surface area (Å²) in [6.45, 7) is 2.69. The maximum atomic E-state index is 12.7. The number of anilines is 1. The van der Waals surface area contributed by atoms with Crippen LogP contribution in [-0.2, 0) is 4.74 Å². The van der Waals surface area contributed by atoms with Gasteiger partial charge in [0.05, 0.1) is 17.2 Å². The van der Waals surface area contributed by atoms with E-state index in [2.05, 4.69) is 22.1 Å². The average molecular weight is 421 g/mol. The summed E-state index contributed by atoms with van der Waals surface area (Å²) in [4.78, 5) is 17.1. The number of hydrogen-bond donors (Lipinski definition) is 1. The van der Waals surface area contributed by atoms with Crippen LogP contribution in [0.5, 0.6) is 5.75 Å². The lowest BCUT2D eigenvalue weighted by molar-refractivity contribution is 0.102. The van der Waals surface area contributed by atoms with Crippen molar-refractivity contribution in [1.29, 1.82) is 0 Å². The number of ether oxygens (including phenoxy) is 2. The second-order valence-corrected chi connectivity index (χ2v) is 6.85. The molecular formula is C24H21ClN2O3. The molecule has 5 nitrogen and oxygen atoms in total. The van der Waals surface area contributed by atoms with Gasteiger partial charge < -0.3 is 14.8 Å². The fourth-order valence-electron chi connectivity index (χ4n) is 2.63. The molecule has 0 aliphatic rings. The molecule has 0 spiro atoms. The predicted molar refractivity (Wildman–Crippen MR) is 118 cm³/mol. The molecule has 3 rings (SSSR count). The van der Waals surface area contributed by atoms with E-state index in [4.69, 9.17) is 21.1 Å². The van der Waals surface area contributed by atoms with Gasteiger partial charge in [-0.1, -0.05) is 41.6 Å². The number of amides is 1. The van der Waals surface area contributed by atoms with Crippen LogP contribution < -0.4 is 10.1 Å². The molecule has 0 radical (unpaired) electrons. The summed E-state index contributed by atoms with van der Waals surface area (Å²) in [5.74, 6) is 6.80. The highest BCUT2D eigenvalue weighted by Gasteiger charge is 2.14. The Balaban J connectivity index is 1.72. The molecule has 30 heavy (non-hydrogen) atoms. The van der Waals surface area contributed by atoms with Crippen molar-refractivity contribution in [3.8, 4) is 17.6 Å². The Labute approximate surface area is 181 Å². The summed E-state index contributed by atoms with van der Waals surface area (Å²) in [6.07, 6.45) is 1.63. The van der Waals surface area contributed by atoms with Crippen LogP contribution in [0, 0.1) is 18.8 Å². The van der Waals surface area contributed by atoms with Gasteiger partial charge in [-0.15, -0.1) is 0 Å². The van der Waals surface area contributed by atoms with E-state index in [-0.39, 0.29) is 5.91 Å². The molecule has 0 atom stereocenters. The van der Waals surface area contributed by atoms with Crippen molar-refractivity contribution < 1.29 is 14.3 Å². The molecule has 0 unspecified atom stereocenters. The van der Waals surface area contributed by atoms with Gasteiger partial charge in [-0.25, -0.2) is 4.98 Å². The van der Waals surface area contributed by atoms with E-state index in [9.17, 15) is 4.79 Å². The van der Waals surface area contributed by atoms with E-state index in [0.29, 0.717) is 35.4 Å². The zero-order chi connectivity index (χ0) is 21.3. The monoisotopic (exact) mass is 420 g/mol. The maximum Gasteiger partial charge on any atom is 0.258 e. The van der Waals surface area contributed by atoms with Crippen LogP contribution in [-0.4, -0.2) is 31.2 Å². The molecule has 152 valence electrons. The largest absolute Gasteiger partial charge is 0.491 e. The average Bonchev–Trinajstić information content (AvgIpc) is 2.76. The molecule has 3 aromatic rings. The van der Waals surface area contributed by atoms with Crippen LogP contribution >= 0.6 is 11.6 Å². The molecule has 6 heteroatoms. The number of methoxy groups -OCH3 is 1. The van der Waals surface area contributed by atoms with E-state index in [0.717, 1.165) is 16.7 Å². The first-order chi connectivity index (χ1) is 14.6. The lowest BCUT2D eigenvalue weighted by Crippen LogP contribution is -2.15. The third-order valence-corrected chi connectivity index (χ3v) is 4.50. The zero-order valence-electron chi connectivity index (χ0n) is 16.7. The quantitative estimate of drug-likeness (QED) is 0.463. The number of nitrogens with one attached hydrogen (secondary N) is 1. The van der Waals surface area contributed by atoms with E-state index >= 15 is 0 Å². The minimum absolute atomic E-state index is 0.306. The van der Waals surface area contributed by atoms with Crippen LogP contribution in [0.3, 0.4) is 0 Å². The molecule has 1 N–H and O–H groups in total. The van der Waals surface area contributed by atoms with Gasteiger partial charge in [-0.2, -0.15) is 0 Å². The Morgan fingerprint density at radius 2 is 1.83 bits per heavy atom. The molecule has 2 aromatic carbocycles. The number of aromatic nitrogens is 1. The van der Waals surface area contributed by atoms with Gasteiger partial charge in [0, 0.05) is 24.4 Å². The number of aryl methyl sites for hydroxylation is 1. The number of halogens is 1. The predicted octanol–water partition coefficient (Wildman–Crippen LogP) is 4.72. The van der Waals surface area contributed by atoms with E-state index in [1.54, 1.807) is 31.5 Å². The van der Waals surface area contributed by atoms with Gasteiger partial charge in [-0.05, 0) is 48.9 Å². The number of pyridine rings is 1. The molecule has 0 aliphatic carbocycles. The van der Waals surface area contributed by atoms with Gasteiger partial charge in [0.15, 0.2) is 0 Å².